The molecule has 2 rings (SSSR count). The summed E-state index contributed by atoms with van der Waals surface area (Å²) in [5.74, 6) is 0.435. The summed E-state index contributed by atoms with van der Waals surface area (Å²) in [5, 5.41) is 3.16. The highest BCUT2D eigenvalue weighted by Crippen LogP contribution is 2.39. The Bertz CT molecular complexity index is 590. The fourth-order valence-corrected chi connectivity index (χ4v) is 2.88. The van der Waals surface area contributed by atoms with Crippen LogP contribution in [0.15, 0.2) is 30.3 Å². The Kier molecular flexibility index (Phi) is 7.59. The first-order valence-corrected chi connectivity index (χ1v) is 8.70. The van der Waals surface area contributed by atoms with Crippen molar-refractivity contribution in [2.45, 2.75) is 44.2 Å². The van der Waals surface area contributed by atoms with Crippen LogP contribution in [-0.2, 0) is 30.3 Å². The first-order chi connectivity index (χ1) is 12.5. The van der Waals surface area contributed by atoms with E-state index in [1.165, 1.54) is 0 Å². The lowest BCUT2D eigenvalue weighted by atomic mass is 10.0. The smallest absolute Gasteiger partial charge is 0.220 e. The number of ether oxygens (including phenoxy) is 5. The molecular weight excluding hydrogens is 334 g/mol. The van der Waals surface area contributed by atoms with Gasteiger partial charge in [0, 0.05) is 20.8 Å². The second-order valence-corrected chi connectivity index (χ2v) is 6.45. The summed E-state index contributed by atoms with van der Waals surface area (Å²) in [5.41, 5.74) is 1.10. The molecule has 1 aliphatic rings. The average molecular weight is 363 g/mol. The molecule has 1 aromatic carbocycles. The van der Waals surface area contributed by atoms with Gasteiger partial charge in [-0.2, -0.15) is 0 Å². The van der Waals surface area contributed by atoms with Crippen molar-refractivity contribution in [3.63, 3.8) is 0 Å². The van der Waals surface area contributed by atoms with E-state index in [0.29, 0.717) is 26.3 Å². The molecule has 1 saturated heterocycles. The molecular formula is C20H29NO5. The number of terminal acetylenes is 1. The Morgan fingerprint density at radius 3 is 2.27 bits per heavy atom. The zero-order chi connectivity index (χ0) is 19.0. The number of rotatable bonds is 9. The third kappa shape index (κ3) is 4.83. The van der Waals surface area contributed by atoms with E-state index in [4.69, 9.17) is 30.1 Å². The van der Waals surface area contributed by atoms with E-state index in [2.05, 4.69) is 11.2 Å². The molecule has 0 amide bonds. The molecule has 1 N–H and O–H groups in total. The SMILES string of the molecule is C#CCNC[C@@H]1O[C@@](C)(OC)[C@](C)(OC)OC1COCc1ccccc1. The molecule has 0 saturated carbocycles. The molecule has 1 aliphatic heterocycles. The lowest BCUT2D eigenvalue weighted by molar-refractivity contribution is -0.449. The van der Waals surface area contributed by atoms with Gasteiger partial charge in [0.1, 0.15) is 12.2 Å². The van der Waals surface area contributed by atoms with E-state index in [1.807, 2.05) is 30.3 Å². The maximum atomic E-state index is 6.22. The second kappa shape index (κ2) is 9.47. The van der Waals surface area contributed by atoms with E-state index in [1.54, 1.807) is 28.1 Å². The van der Waals surface area contributed by atoms with Crippen molar-refractivity contribution in [3.05, 3.63) is 35.9 Å². The second-order valence-electron chi connectivity index (χ2n) is 6.45. The molecule has 6 heteroatoms. The standard InChI is InChI=1S/C20H29NO5/c1-6-12-21-13-17-18(15-24-14-16-10-8-7-9-11-16)26-20(3,23-5)19(2,22-4)25-17/h1,7-11,17-18,21H,12-15H2,2-5H3/t17-,18?,19+,20+/m0/s1. The molecule has 0 aliphatic carbocycles. The predicted molar refractivity (Wildman–Crippen MR) is 98.4 cm³/mol. The van der Waals surface area contributed by atoms with Crippen molar-refractivity contribution < 1.29 is 23.7 Å². The van der Waals surface area contributed by atoms with Gasteiger partial charge in [-0.3, -0.25) is 0 Å². The van der Waals surface area contributed by atoms with Crippen LogP contribution in [0.25, 0.3) is 0 Å². The van der Waals surface area contributed by atoms with Gasteiger partial charge in [-0.05, 0) is 19.4 Å². The van der Waals surface area contributed by atoms with Gasteiger partial charge in [0.2, 0.25) is 11.6 Å². The Hall–Kier alpha value is -1.46. The van der Waals surface area contributed by atoms with Crippen molar-refractivity contribution in [2.24, 2.45) is 0 Å². The minimum absolute atomic E-state index is 0.299. The van der Waals surface area contributed by atoms with E-state index < -0.39 is 11.6 Å². The van der Waals surface area contributed by atoms with E-state index >= 15 is 0 Å². The van der Waals surface area contributed by atoms with Crippen LogP contribution in [0.4, 0.5) is 0 Å². The quantitative estimate of drug-likeness (QED) is 0.534. The van der Waals surface area contributed by atoms with Crippen molar-refractivity contribution in [3.8, 4) is 12.3 Å². The van der Waals surface area contributed by atoms with Crippen molar-refractivity contribution in [2.75, 3.05) is 33.9 Å². The van der Waals surface area contributed by atoms with Crippen LogP contribution in [0.3, 0.4) is 0 Å². The largest absolute Gasteiger partial charge is 0.374 e. The average Bonchev–Trinajstić information content (AvgIpc) is 2.66. The number of benzene rings is 1. The molecule has 0 aromatic heterocycles. The van der Waals surface area contributed by atoms with Gasteiger partial charge in [0.15, 0.2) is 0 Å². The maximum absolute atomic E-state index is 6.22. The highest BCUT2D eigenvalue weighted by molar-refractivity contribution is 5.13. The minimum atomic E-state index is -1.06. The molecule has 0 spiro atoms. The Morgan fingerprint density at radius 1 is 1.08 bits per heavy atom. The van der Waals surface area contributed by atoms with Crippen LogP contribution < -0.4 is 5.32 Å². The molecule has 26 heavy (non-hydrogen) atoms. The molecule has 6 nitrogen and oxygen atoms in total. The number of hydrogen-bond acceptors (Lipinski definition) is 6. The van der Waals surface area contributed by atoms with Gasteiger partial charge < -0.3 is 29.0 Å². The van der Waals surface area contributed by atoms with Crippen LogP contribution in [0.2, 0.25) is 0 Å². The number of methoxy groups -OCH3 is 2. The fraction of sp³-hybridized carbons (Fsp3) is 0.600. The monoisotopic (exact) mass is 363 g/mol. The highest BCUT2D eigenvalue weighted by Gasteiger charge is 2.56. The van der Waals surface area contributed by atoms with Crippen LogP contribution >= 0.6 is 0 Å². The van der Waals surface area contributed by atoms with Crippen LogP contribution in [0.1, 0.15) is 19.4 Å². The lowest BCUT2D eigenvalue weighted by Crippen LogP contribution is -2.67. The molecule has 144 valence electrons. The first-order valence-electron chi connectivity index (χ1n) is 8.70. The molecule has 1 heterocycles. The van der Waals surface area contributed by atoms with Crippen molar-refractivity contribution >= 4 is 0 Å². The van der Waals surface area contributed by atoms with Crippen molar-refractivity contribution in [1.82, 2.24) is 5.32 Å². The summed E-state index contributed by atoms with van der Waals surface area (Å²) in [6.45, 7) is 5.41. The topological polar surface area (TPSA) is 58.2 Å². The molecule has 1 unspecified atom stereocenters. The van der Waals surface area contributed by atoms with E-state index in [9.17, 15) is 0 Å². The van der Waals surface area contributed by atoms with E-state index in [-0.39, 0.29) is 12.2 Å². The van der Waals surface area contributed by atoms with Gasteiger partial charge in [-0.1, -0.05) is 36.3 Å². The Balaban J connectivity index is 2.04. The van der Waals surface area contributed by atoms with Crippen molar-refractivity contribution in [1.29, 1.82) is 0 Å². The fourth-order valence-electron chi connectivity index (χ4n) is 2.88. The summed E-state index contributed by atoms with van der Waals surface area (Å²) >= 11 is 0. The third-order valence-corrected chi connectivity index (χ3v) is 4.74. The Labute approximate surface area is 156 Å². The summed E-state index contributed by atoms with van der Waals surface area (Å²) in [7, 11) is 3.14. The van der Waals surface area contributed by atoms with Crippen LogP contribution in [-0.4, -0.2) is 57.7 Å². The zero-order valence-corrected chi connectivity index (χ0v) is 16.0. The Morgan fingerprint density at radius 2 is 1.69 bits per heavy atom. The zero-order valence-electron chi connectivity index (χ0n) is 16.0. The first kappa shape index (κ1) is 20.8. The van der Waals surface area contributed by atoms with E-state index in [0.717, 1.165) is 5.56 Å². The van der Waals surface area contributed by atoms with Gasteiger partial charge in [0.25, 0.3) is 0 Å². The van der Waals surface area contributed by atoms with Crippen LogP contribution in [0.5, 0.6) is 0 Å². The van der Waals surface area contributed by atoms with Gasteiger partial charge in [-0.15, -0.1) is 6.42 Å². The number of hydrogen-bond donors (Lipinski definition) is 1. The summed E-state index contributed by atoms with van der Waals surface area (Å²) in [4.78, 5) is 0. The summed E-state index contributed by atoms with van der Waals surface area (Å²) < 4.78 is 29.4. The number of nitrogens with one attached hydrogen (secondary N) is 1. The molecule has 0 radical (unpaired) electrons. The molecule has 1 fully saturated rings. The minimum Gasteiger partial charge on any atom is -0.374 e. The molecule has 0 bridgehead atoms. The van der Waals surface area contributed by atoms with Gasteiger partial charge >= 0.3 is 0 Å². The van der Waals surface area contributed by atoms with Gasteiger partial charge in [0.05, 0.1) is 19.8 Å². The molecule has 1 aromatic rings. The van der Waals surface area contributed by atoms with Crippen LogP contribution in [0, 0.1) is 12.3 Å². The highest BCUT2D eigenvalue weighted by atomic mass is 16.8. The van der Waals surface area contributed by atoms with Gasteiger partial charge in [-0.25, -0.2) is 0 Å². The summed E-state index contributed by atoms with van der Waals surface area (Å²) in [6, 6.07) is 9.98. The maximum Gasteiger partial charge on any atom is 0.220 e. The predicted octanol–water partition coefficient (Wildman–Crippen LogP) is 1.94. The normalized spacial score (nSPS) is 31.5. The summed E-state index contributed by atoms with van der Waals surface area (Å²) in [6.07, 6.45) is 4.68. The lowest BCUT2D eigenvalue weighted by Gasteiger charge is -2.52. The molecule has 4 atom stereocenters. The third-order valence-electron chi connectivity index (χ3n) is 4.74.